The van der Waals surface area contributed by atoms with Gasteiger partial charge in [-0.1, -0.05) is 24.3 Å². The van der Waals surface area contributed by atoms with Gasteiger partial charge < -0.3 is 18.9 Å². The van der Waals surface area contributed by atoms with Crippen LogP contribution in [-0.4, -0.2) is 47.9 Å². The van der Waals surface area contributed by atoms with Crippen molar-refractivity contribution in [3.63, 3.8) is 0 Å². The van der Waals surface area contributed by atoms with E-state index < -0.39 is 0 Å². The normalized spacial score (nSPS) is 14.2. The van der Waals surface area contributed by atoms with Crippen LogP contribution in [0.5, 0.6) is 5.75 Å². The zero-order chi connectivity index (χ0) is 23.1. The van der Waals surface area contributed by atoms with Crippen molar-refractivity contribution in [1.29, 1.82) is 0 Å². The third kappa shape index (κ3) is 3.69. The lowest BCUT2D eigenvalue weighted by atomic mass is 10.2. The maximum Gasteiger partial charge on any atom is 0.170 e. The molecule has 0 spiro atoms. The molecule has 34 heavy (non-hydrogen) atoms. The van der Waals surface area contributed by atoms with E-state index >= 15 is 0 Å². The molecule has 6 nitrogen and oxygen atoms in total. The van der Waals surface area contributed by atoms with Crippen LogP contribution in [0.2, 0.25) is 0 Å². The molecule has 1 aliphatic rings. The zero-order valence-corrected chi connectivity index (χ0v) is 19.5. The second-order valence-corrected chi connectivity index (χ2v) is 9.22. The van der Waals surface area contributed by atoms with E-state index in [-0.39, 0.29) is 5.82 Å². The fourth-order valence-electron chi connectivity index (χ4n) is 4.45. The lowest BCUT2D eigenvalue weighted by Crippen LogP contribution is -2.36. The lowest BCUT2D eigenvalue weighted by molar-refractivity contribution is 0.123. The van der Waals surface area contributed by atoms with Gasteiger partial charge in [0.2, 0.25) is 0 Å². The fraction of sp³-hybridized carbons (Fsp3) is 0.231. The Balaban J connectivity index is 1.52. The number of rotatable bonds is 5. The molecule has 1 fully saturated rings. The van der Waals surface area contributed by atoms with Crippen molar-refractivity contribution in [3.05, 3.63) is 72.0 Å². The Morgan fingerprint density at radius 3 is 2.59 bits per heavy atom. The van der Waals surface area contributed by atoms with Crippen molar-refractivity contribution in [2.75, 3.05) is 38.3 Å². The quantitative estimate of drug-likeness (QED) is 0.344. The molecule has 172 valence electrons. The second kappa shape index (κ2) is 8.70. The number of hydrogen-bond donors (Lipinski definition) is 0. The molecule has 0 saturated carbocycles. The molecule has 0 radical (unpaired) electrons. The van der Waals surface area contributed by atoms with Crippen LogP contribution in [-0.2, 0) is 11.3 Å². The Bertz CT molecular complexity index is 1470. The van der Waals surface area contributed by atoms with Gasteiger partial charge in [-0.3, -0.25) is 0 Å². The fourth-order valence-corrected chi connectivity index (χ4v) is 5.58. The number of morpholine rings is 1. The second-order valence-electron chi connectivity index (χ2n) is 8.22. The maximum atomic E-state index is 13.5. The van der Waals surface area contributed by atoms with Gasteiger partial charge in [-0.05, 0) is 42.0 Å². The number of para-hydroxylation sites is 2. The molecule has 3 aromatic carbocycles. The van der Waals surface area contributed by atoms with Crippen LogP contribution in [0, 0.1) is 5.82 Å². The molecule has 2 aromatic heterocycles. The highest BCUT2D eigenvalue weighted by Crippen LogP contribution is 2.41. The van der Waals surface area contributed by atoms with Crippen molar-refractivity contribution in [2.45, 2.75) is 6.54 Å². The average Bonchev–Trinajstić information content (AvgIpc) is 3.48. The predicted octanol–water partition coefficient (Wildman–Crippen LogP) is 5.35. The van der Waals surface area contributed by atoms with Gasteiger partial charge in [0.25, 0.3) is 0 Å². The van der Waals surface area contributed by atoms with Crippen molar-refractivity contribution in [3.8, 4) is 16.6 Å². The van der Waals surface area contributed by atoms with Crippen molar-refractivity contribution < 1.29 is 13.9 Å². The van der Waals surface area contributed by atoms with E-state index in [9.17, 15) is 4.39 Å². The van der Waals surface area contributed by atoms with Crippen LogP contribution in [0.3, 0.4) is 0 Å². The Labute approximate surface area is 200 Å². The molecule has 0 bridgehead atoms. The van der Waals surface area contributed by atoms with E-state index in [1.165, 1.54) is 12.1 Å². The summed E-state index contributed by atoms with van der Waals surface area (Å²) in [6.07, 6.45) is 0. The van der Waals surface area contributed by atoms with Crippen LogP contribution >= 0.6 is 11.3 Å². The molecule has 8 heteroatoms. The van der Waals surface area contributed by atoms with Gasteiger partial charge in [0.05, 0.1) is 41.7 Å². The third-order valence-corrected chi connectivity index (χ3v) is 7.23. The lowest BCUT2D eigenvalue weighted by Gasteiger charge is -2.29. The summed E-state index contributed by atoms with van der Waals surface area (Å²) in [7, 11) is 1.67. The molecular formula is C26H23FN4O2S. The minimum Gasteiger partial charge on any atom is -0.494 e. The number of fused-ring (bicyclic) bond motifs is 2. The van der Waals surface area contributed by atoms with Gasteiger partial charge in [0, 0.05) is 19.6 Å². The van der Waals surface area contributed by atoms with Gasteiger partial charge in [-0.25, -0.2) is 14.4 Å². The predicted molar refractivity (Wildman–Crippen MR) is 133 cm³/mol. The van der Waals surface area contributed by atoms with E-state index in [1.54, 1.807) is 18.4 Å². The van der Waals surface area contributed by atoms with E-state index in [4.69, 9.17) is 19.4 Å². The topological polar surface area (TPSA) is 52.4 Å². The first kappa shape index (κ1) is 21.1. The van der Waals surface area contributed by atoms with Gasteiger partial charge in [0.1, 0.15) is 17.1 Å². The summed E-state index contributed by atoms with van der Waals surface area (Å²) >= 11 is 1.63. The van der Waals surface area contributed by atoms with Crippen LogP contribution in [0.25, 0.3) is 32.1 Å². The molecule has 0 unspecified atom stereocenters. The van der Waals surface area contributed by atoms with Crippen molar-refractivity contribution in [1.82, 2.24) is 14.5 Å². The molecule has 0 amide bonds. The van der Waals surface area contributed by atoms with Gasteiger partial charge in [0.15, 0.2) is 10.8 Å². The van der Waals surface area contributed by atoms with E-state index in [2.05, 4.69) is 21.6 Å². The number of hydrogen-bond acceptors (Lipinski definition) is 6. The van der Waals surface area contributed by atoms with Gasteiger partial charge >= 0.3 is 0 Å². The molecule has 5 aromatic rings. The molecule has 1 aliphatic heterocycles. The Hall–Kier alpha value is -3.49. The number of benzene rings is 3. The number of imidazole rings is 1. The highest BCUT2D eigenvalue weighted by Gasteiger charge is 2.22. The first-order valence-corrected chi connectivity index (χ1v) is 12.0. The SMILES string of the molecule is COc1ccc(N2CCOCC2)c2sc(-c3nc4ccccc4n3Cc3ccc(F)cc3)nc12. The summed E-state index contributed by atoms with van der Waals surface area (Å²) in [4.78, 5) is 12.3. The third-order valence-electron chi connectivity index (χ3n) is 6.16. The molecule has 6 rings (SSSR count). The summed E-state index contributed by atoms with van der Waals surface area (Å²) < 4.78 is 27.9. The van der Waals surface area contributed by atoms with Gasteiger partial charge in [-0.15, -0.1) is 11.3 Å². The van der Waals surface area contributed by atoms with Gasteiger partial charge in [-0.2, -0.15) is 0 Å². The Morgan fingerprint density at radius 1 is 1.00 bits per heavy atom. The Morgan fingerprint density at radius 2 is 1.79 bits per heavy atom. The van der Waals surface area contributed by atoms with Crippen molar-refractivity contribution in [2.24, 2.45) is 0 Å². The summed E-state index contributed by atoms with van der Waals surface area (Å²) in [5, 5.41) is 0.826. The largest absolute Gasteiger partial charge is 0.494 e. The van der Waals surface area contributed by atoms with Crippen LogP contribution in [0.4, 0.5) is 10.1 Å². The summed E-state index contributed by atoms with van der Waals surface area (Å²) in [6, 6.07) is 18.8. The van der Waals surface area contributed by atoms with Crippen LogP contribution in [0.15, 0.2) is 60.7 Å². The Kier molecular flexibility index (Phi) is 5.39. The first-order valence-electron chi connectivity index (χ1n) is 11.2. The van der Waals surface area contributed by atoms with E-state index in [0.717, 1.165) is 62.2 Å². The number of ether oxygens (including phenoxy) is 2. The van der Waals surface area contributed by atoms with Crippen LogP contribution < -0.4 is 9.64 Å². The minimum atomic E-state index is -0.242. The summed E-state index contributed by atoms with van der Waals surface area (Å²) in [5.74, 6) is 1.30. The number of aromatic nitrogens is 3. The number of halogens is 1. The number of anilines is 1. The smallest absolute Gasteiger partial charge is 0.170 e. The molecule has 0 N–H and O–H groups in total. The molecular weight excluding hydrogens is 451 g/mol. The highest BCUT2D eigenvalue weighted by atomic mass is 32.1. The monoisotopic (exact) mass is 474 g/mol. The molecule has 0 aliphatic carbocycles. The molecule has 1 saturated heterocycles. The summed E-state index contributed by atoms with van der Waals surface area (Å²) in [6.45, 7) is 3.69. The number of nitrogens with zero attached hydrogens (tertiary/aromatic N) is 4. The zero-order valence-electron chi connectivity index (χ0n) is 18.7. The molecule has 3 heterocycles. The highest BCUT2D eigenvalue weighted by molar-refractivity contribution is 7.22. The average molecular weight is 475 g/mol. The number of methoxy groups -OCH3 is 1. The first-order chi connectivity index (χ1) is 16.7. The minimum absolute atomic E-state index is 0.242. The van der Waals surface area contributed by atoms with E-state index in [1.807, 2.05) is 36.4 Å². The van der Waals surface area contributed by atoms with E-state index in [0.29, 0.717) is 19.8 Å². The number of thiazole rings is 1. The maximum absolute atomic E-state index is 13.5. The standard InChI is InChI=1S/C26H23FN4O2S/c1-32-22-11-10-21(30-12-14-33-15-13-30)24-23(22)29-26(34-24)25-28-19-4-2-3-5-20(19)31(25)16-17-6-8-18(27)9-7-17/h2-11H,12-16H2,1H3. The van der Waals surface area contributed by atoms with Crippen LogP contribution in [0.1, 0.15) is 5.56 Å². The molecule has 0 atom stereocenters. The van der Waals surface area contributed by atoms with Crippen molar-refractivity contribution >= 4 is 38.3 Å². The summed E-state index contributed by atoms with van der Waals surface area (Å²) in [5.41, 5.74) is 4.90.